The van der Waals surface area contributed by atoms with Gasteiger partial charge in [0, 0.05) is 11.9 Å². The Labute approximate surface area is 225 Å². The second-order valence-electron chi connectivity index (χ2n) is 9.39. The largest absolute Gasteiger partial charge is 0.491 e. The van der Waals surface area contributed by atoms with E-state index >= 15 is 0 Å². The van der Waals surface area contributed by atoms with Crippen molar-refractivity contribution in [3.8, 4) is 17.2 Å². The molecule has 1 saturated carbocycles. The number of halogens is 1. The van der Waals surface area contributed by atoms with Crippen LogP contribution in [0.25, 0.3) is 0 Å². The first-order valence-corrected chi connectivity index (χ1v) is 12.7. The Hall–Kier alpha value is -4.04. The van der Waals surface area contributed by atoms with Crippen molar-refractivity contribution in [2.75, 3.05) is 11.9 Å². The van der Waals surface area contributed by atoms with Gasteiger partial charge in [-0.2, -0.15) is 0 Å². The summed E-state index contributed by atoms with van der Waals surface area (Å²) in [6, 6.07) is 18.5. The van der Waals surface area contributed by atoms with Gasteiger partial charge < -0.3 is 25.2 Å². The Morgan fingerprint density at radius 3 is 2.13 bits per heavy atom. The number of carboxylic acid groups (broad SMARTS) is 1. The molecule has 9 heteroatoms. The van der Waals surface area contributed by atoms with Gasteiger partial charge in [-0.15, -0.1) is 0 Å². The van der Waals surface area contributed by atoms with Crippen LogP contribution in [0.5, 0.6) is 17.2 Å². The van der Waals surface area contributed by atoms with Gasteiger partial charge in [0.15, 0.2) is 0 Å². The van der Waals surface area contributed by atoms with E-state index in [1.54, 1.807) is 36.4 Å². The maximum atomic E-state index is 12.5. The molecule has 0 aliphatic heterocycles. The summed E-state index contributed by atoms with van der Waals surface area (Å²) < 4.78 is 11.9. The number of amides is 2. The minimum absolute atomic E-state index is 0.0336. The molecule has 3 N–H and O–H groups in total. The zero-order chi connectivity index (χ0) is 27.1. The topological polar surface area (TPSA) is 114 Å². The monoisotopic (exact) mass is 536 g/mol. The van der Waals surface area contributed by atoms with Gasteiger partial charge in [0.25, 0.3) is 0 Å². The van der Waals surface area contributed by atoms with Crippen LogP contribution in [0.15, 0.2) is 66.7 Å². The third-order valence-electron chi connectivity index (χ3n) is 6.35. The van der Waals surface area contributed by atoms with Crippen LogP contribution in [0.2, 0.25) is 5.02 Å². The molecule has 0 spiro atoms. The van der Waals surface area contributed by atoms with Crippen molar-refractivity contribution in [2.24, 2.45) is 0 Å². The number of carbonyl (C=O) groups is 3. The van der Waals surface area contributed by atoms with Crippen LogP contribution in [0.3, 0.4) is 0 Å². The maximum absolute atomic E-state index is 12.5. The lowest BCUT2D eigenvalue weighted by molar-refractivity contribution is -0.121. The van der Waals surface area contributed by atoms with E-state index < -0.39 is 5.97 Å². The number of carbonyl (C=O) groups excluding carboxylic acids is 2. The van der Waals surface area contributed by atoms with Gasteiger partial charge >= 0.3 is 5.97 Å². The molecule has 3 aromatic carbocycles. The van der Waals surface area contributed by atoms with Crippen LogP contribution in [-0.4, -0.2) is 35.0 Å². The van der Waals surface area contributed by atoms with Gasteiger partial charge in [0.1, 0.15) is 23.9 Å². The van der Waals surface area contributed by atoms with Crippen molar-refractivity contribution in [2.45, 2.75) is 44.6 Å². The molecule has 8 nitrogen and oxygen atoms in total. The third kappa shape index (κ3) is 7.26. The number of rotatable bonds is 10. The Bertz CT molecular complexity index is 1300. The molecule has 1 aliphatic carbocycles. The van der Waals surface area contributed by atoms with Crippen molar-refractivity contribution in [1.82, 2.24) is 5.32 Å². The SMILES string of the molecule is CC(=O)NC1(COc2ccc(Oc3ccc(CC(=O)Nc4cc(Cl)ccc4C(=O)O)cc3)cc2)CCCC1. The van der Waals surface area contributed by atoms with E-state index in [0.717, 1.165) is 31.2 Å². The van der Waals surface area contributed by atoms with E-state index in [1.165, 1.54) is 25.1 Å². The smallest absolute Gasteiger partial charge is 0.337 e. The standard InChI is InChI=1S/C29H29ClN2O6/c1-19(33)32-29(14-2-3-15-29)18-37-22-9-11-24(12-10-22)38-23-7-4-20(5-8-23)16-27(34)31-26-17-21(30)6-13-25(26)28(35)36/h4-13,17H,2-3,14-16,18H2,1H3,(H,31,34)(H,32,33)(H,35,36). The van der Waals surface area contributed by atoms with Crippen molar-refractivity contribution in [1.29, 1.82) is 0 Å². The first kappa shape index (κ1) is 27.0. The van der Waals surface area contributed by atoms with Gasteiger partial charge in [-0.1, -0.05) is 36.6 Å². The fourth-order valence-corrected chi connectivity index (χ4v) is 4.73. The Morgan fingerprint density at radius 1 is 0.921 bits per heavy atom. The quantitative estimate of drug-likeness (QED) is 0.300. The minimum Gasteiger partial charge on any atom is -0.491 e. The summed E-state index contributed by atoms with van der Waals surface area (Å²) in [5, 5.41) is 15.3. The van der Waals surface area contributed by atoms with E-state index in [4.69, 9.17) is 21.1 Å². The molecule has 38 heavy (non-hydrogen) atoms. The fourth-order valence-electron chi connectivity index (χ4n) is 4.55. The van der Waals surface area contributed by atoms with Gasteiger partial charge in [-0.3, -0.25) is 9.59 Å². The van der Waals surface area contributed by atoms with Crippen molar-refractivity contribution in [3.63, 3.8) is 0 Å². The van der Waals surface area contributed by atoms with Crippen LogP contribution >= 0.6 is 11.6 Å². The summed E-state index contributed by atoms with van der Waals surface area (Å²) in [4.78, 5) is 35.5. The molecular weight excluding hydrogens is 508 g/mol. The second-order valence-corrected chi connectivity index (χ2v) is 9.83. The summed E-state index contributed by atoms with van der Waals surface area (Å²) in [5.74, 6) is 0.363. The van der Waals surface area contributed by atoms with Gasteiger partial charge in [-0.25, -0.2) is 4.79 Å². The molecule has 198 valence electrons. The number of anilines is 1. The van der Waals surface area contributed by atoms with E-state index in [0.29, 0.717) is 28.9 Å². The van der Waals surface area contributed by atoms with E-state index in [9.17, 15) is 19.5 Å². The van der Waals surface area contributed by atoms with Gasteiger partial charge in [0.05, 0.1) is 23.2 Å². The molecule has 0 radical (unpaired) electrons. The van der Waals surface area contributed by atoms with Crippen LogP contribution in [0.1, 0.15) is 48.5 Å². The highest BCUT2D eigenvalue weighted by molar-refractivity contribution is 6.31. The summed E-state index contributed by atoms with van der Waals surface area (Å²) in [7, 11) is 0. The number of carboxylic acids is 1. The zero-order valence-electron chi connectivity index (χ0n) is 21.0. The predicted molar refractivity (Wildman–Crippen MR) is 144 cm³/mol. The second kappa shape index (κ2) is 12.0. The van der Waals surface area contributed by atoms with E-state index in [-0.39, 0.29) is 35.0 Å². The fraction of sp³-hybridized carbons (Fsp3) is 0.276. The Balaban J connectivity index is 1.30. The molecule has 0 atom stereocenters. The van der Waals surface area contributed by atoms with Gasteiger partial charge in [-0.05, 0) is 73.0 Å². The summed E-state index contributed by atoms with van der Waals surface area (Å²) in [5.41, 5.74) is 0.550. The molecule has 0 bridgehead atoms. The lowest BCUT2D eigenvalue weighted by Gasteiger charge is -2.29. The molecule has 3 aromatic rings. The average molecular weight is 537 g/mol. The lowest BCUT2D eigenvalue weighted by Crippen LogP contribution is -2.49. The highest BCUT2D eigenvalue weighted by Crippen LogP contribution is 2.31. The maximum Gasteiger partial charge on any atom is 0.337 e. The molecule has 1 aliphatic rings. The number of benzene rings is 3. The zero-order valence-corrected chi connectivity index (χ0v) is 21.7. The molecule has 1 fully saturated rings. The normalized spacial score (nSPS) is 13.9. The minimum atomic E-state index is -1.15. The third-order valence-corrected chi connectivity index (χ3v) is 6.59. The summed E-state index contributed by atoms with van der Waals surface area (Å²) in [6.45, 7) is 1.96. The van der Waals surface area contributed by atoms with E-state index in [2.05, 4.69) is 10.6 Å². The number of hydrogen-bond donors (Lipinski definition) is 3. The van der Waals surface area contributed by atoms with Crippen molar-refractivity contribution in [3.05, 3.63) is 82.9 Å². The molecule has 4 rings (SSSR count). The molecule has 0 aromatic heterocycles. The van der Waals surface area contributed by atoms with Gasteiger partial charge in [0.2, 0.25) is 11.8 Å². The number of aromatic carboxylic acids is 1. The number of nitrogens with one attached hydrogen (secondary N) is 2. The Kier molecular flexibility index (Phi) is 8.53. The predicted octanol–water partition coefficient (Wildman–Crippen LogP) is 5.84. The molecular formula is C29H29ClN2O6. The van der Waals surface area contributed by atoms with Crippen LogP contribution in [0, 0.1) is 0 Å². The average Bonchev–Trinajstić information content (AvgIpc) is 3.32. The molecule has 2 amide bonds. The molecule has 0 saturated heterocycles. The summed E-state index contributed by atoms with van der Waals surface area (Å²) >= 11 is 5.94. The van der Waals surface area contributed by atoms with Crippen molar-refractivity contribution >= 4 is 35.1 Å². The van der Waals surface area contributed by atoms with E-state index in [1.807, 2.05) is 12.1 Å². The summed E-state index contributed by atoms with van der Waals surface area (Å²) in [6.07, 6.45) is 4.03. The number of ether oxygens (including phenoxy) is 2. The van der Waals surface area contributed by atoms with Crippen LogP contribution < -0.4 is 20.1 Å². The molecule has 0 heterocycles. The first-order chi connectivity index (χ1) is 18.2. The first-order valence-electron chi connectivity index (χ1n) is 12.3. The Morgan fingerprint density at radius 2 is 1.53 bits per heavy atom. The molecule has 0 unspecified atom stereocenters. The lowest BCUT2D eigenvalue weighted by atomic mass is 9.99. The number of hydrogen-bond acceptors (Lipinski definition) is 5. The van der Waals surface area contributed by atoms with Crippen molar-refractivity contribution < 1.29 is 29.0 Å². The highest BCUT2D eigenvalue weighted by atomic mass is 35.5. The van der Waals surface area contributed by atoms with Crippen LogP contribution in [0.4, 0.5) is 5.69 Å². The van der Waals surface area contributed by atoms with Crippen LogP contribution in [-0.2, 0) is 16.0 Å². The highest BCUT2D eigenvalue weighted by Gasteiger charge is 2.35.